The molecule has 0 heterocycles. The van der Waals surface area contributed by atoms with E-state index in [1.54, 1.807) is 0 Å². The number of fused-ring (bicyclic) bond motifs is 3. The molecule has 0 aromatic heterocycles. The molecule has 0 unspecified atom stereocenters. The van der Waals surface area contributed by atoms with Gasteiger partial charge < -0.3 is 4.74 Å². The quantitative estimate of drug-likeness (QED) is 0.220. The van der Waals surface area contributed by atoms with E-state index in [0.29, 0.717) is 0 Å². The summed E-state index contributed by atoms with van der Waals surface area (Å²) in [7, 11) is 0. The van der Waals surface area contributed by atoms with Crippen molar-refractivity contribution in [2.75, 3.05) is 0 Å². The normalized spacial score (nSPS) is 12.4. The minimum absolute atomic E-state index is 0.278. The number of alkyl halides is 3. The van der Waals surface area contributed by atoms with Crippen molar-refractivity contribution in [2.45, 2.75) is 51.8 Å². The number of rotatable bonds is 5. The Labute approximate surface area is 191 Å². The molecular formula is C28H24F4O. The van der Waals surface area contributed by atoms with Gasteiger partial charge in [-0.3, -0.25) is 0 Å². The maximum absolute atomic E-state index is 13.9. The van der Waals surface area contributed by atoms with Crippen LogP contribution in [0.4, 0.5) is 17.6 Å². The molecule has 170 valence electrons. The first-order valence-electron chi connectivity index (χ1n) is 11.1. The van der Waals surface area contributed by atoms with E-state index < -0.39 is 17.9 Å². The Morgan fingerprint density at radius 3 is 2.12 bits per heavy atom. The predicted molar refractivity (Wildman–Crippen MR) is 122 cm³/mol. The first-order chi connectivity index (χ1) is 15.8. The Hall–Kier alpha value is -3.26. The first-order valence-corrected chi connectivity index (χ1v) is 11.1. The fraction of sp³-hybridized carbons (Fsp3) is 0.286. The van der Waals surface area contributed by atoms with Crippen molar-refractivity contribution in [2.24, 2.45) is 0 Å². The molecule has 0 atom stereocenters. The van der Waals surface area contributed by atoms with Crippen LogP contribution in [0.1, 0.15) is 54.0 Å². The molecule has 3 aromatic carbocycles. The second-order valence-electron chi connectivity index (χ2n) is 8.26. The molecule has 0 bridgehead atoms. The molecule has 33 heavy (non-hydrogen) atoms. The summed E-state index contributed by atoms with van der Waals surface area (Å²) in [5, 5.41) is 0. The molecule has 3 aromatic rings. The van der Waals surface area contributed by atoms with Crippen molar-refractivity contribution in [3.8, 4) is 28.7 Å². The summed E-state index contributed by atoms with van der Waals surface area (Å²) < 4.78 is 54.4. The lowest BCUT2D eigenvalue weighted by Gasteiger charge is -2.21. The standard InChI is InChI=1S/C28H24F4O/c1-2-3-4-5-19-8-13-24-22(16-19)11-12-23-17-20(9-14-25(23)24)6-7-21-10-15-27(26(29)18-21)33-28(30,31)32/h8-10,13-18H,2-5,11-12H2,1H3. The van der Waals surface area contributed by atoms with Crippen molar-refractivity contribution in [3.63, 3.8) is 0 Å². The maximum Gasteiger partial charge on any atom is 0.573 e. The van der Waals surface area contributed by atoms with Gasteiger partial charge in [-0.25, -0.2) is 4.39 Å². The van der Waals surface area contributed by atoms with Crippen molar-refractivity contribution >= 4 is 0 Å². The fourth-order valence-corrected chi connectivity index (χ4v) is 4.19. The van der Waals surface area contributed by atoms with Gasteiger partial charge in [0.2, 0.25) is 0 Å². The molecule has 0 aliphatic heterocycles. The number of ether oxygens (including phenoxy) is 1. The first kappa shape index (κ1) is 22.9. The van der Waals surface area contributed by atoms with Crippen LogP contribution in [0.5, 0.6) is 5.75 Å². The molecule has 1 nitrogen and oxygen atoms in total. The monoisotopic (exact) mass is 452 g/mol. The largest absolute Gasteiger partial charge is 0.573 e. The van der Waals surface area contributed by atoms with Gasteiger partial charge in [-0.15, -0.1) is 13.2 Å². The fourth-order valence-electron chi connectivity index (χ4n) is 4.19. The molecule has 0 amide bonds. The van der Waals surface area contributed by atoms with Gasteiger partial charge >= 0.3 is 6.36 Å². The van der Waals surface area contributed by atoms with E-state index in [1.165, 1.54) is 53.1 Å². The van der Waals surface area contributed by atoms with Gasteiger partial charge in [0.1, 0.15) is 0 Å². The van der Waals surface area contributed by atoms with Gasteiger partial charge in [0.15, 0.2) is 11.6 Å². The molecular weight excluding hydrogens is 428 g/mol. The SMILES string of the molecule is CCCCCc1ccc2c(c1)CCc1cc(C#Cc3ccc(OC(F)(F)F)c(F)c3)ccc1-2. The average Bonchev–Trinajstić information content (AvgIpc) is 2.78. The number of hydrogen-bond acceptors (Lipinski definition) is 1. The Morgan fingerprint density at radius 2 is 1.45 bits per heavy atom. The summed E-state index contributed by atoms with van der Waals surface area (Å²) >= 11 is 0. The molecule has 0 saturated carbocycles. The molecule has 1 aliphatic carbocycles. The molecule has 0 saturated heterocycles. The third-order valence-corrected chi connectivity index (χ3v) is 5.81. The highest BCUT2D eigenvalue weighted by Crippen LogP contribution is 2.35. The van der Waals surface area contributed by atoms with E-state index in [1.807, 2.05) is 12.1 Å². The van der Waals surface area contributed by atoms with Crippen LogP contribution in [-0.4, -0.2) is 6.36 Å². The van der Waals surface area contributed by atoms with E-state index in [4.69, 9.17) is 0 Å². The summed E-state index contributed by atoms with van der Waals surface area (Å²) in [6.45, 7) is 2.21. The van der Waals surface area contributed by atoms with Crippen LogP contribution in [0.15, 0.2) is 54.6 Å². The lowest BCUT2D eigenvalue weighted by Crippen LogP contribution is -2.17. The minimum Gasteiger partial charge on any atom is -0.403 e. The number of hydrogen-bond donors (Lipinski definition) is 0. The lowest BCUT2D eigenvalue weighted by molar-refractivity contribution is -0.275. The smallest absolute Gasteiger partial charge is 0.403 e. The number of benzene rings is 3. The number of unbranched alkanes of at least 4 members (excludes halogenated alkanes) is 2. The van der Waals surface area contributed by atoms with Crippen molar-refractivity contribution in [1.82, 2.24) is 0 Å². The van der Waals surface area contributed by atoms with Gasteiger partial charge in [-0.1, -0.05) is 55.9 Å². The molecule has 0 spiro atoms. The summed E-state index contributed by atoms with van der Waals surface area (Å²) in [5.41, 5.74) is 7.52. The molecule has 1 aliphatic rings. The van der Waals surface area contributed by atoms with Crippen LogP contribution in [-0.2, 0) is 19.3 Å². The molecule has 0 N–H and O–H groups in total. The van der Waals surface area contributed by atoms with Crippen LogP contribution < -0.4 is 4.74 Å². The Balaban J connectivity index is 1.52. The van der Waals surface area contributed by atoms with Gasteiger partial charge in [0.05, 0.1) is 0 Å². The lowest BCUT2D eigenvalue weighted by atomic mass is 9.83. The molecule has 0 fully saturated rings. The van der Waals surface area contributed by atoms with Crippen LogP contribution in [0.2, 0.25) is 0 Å². The molecule has 0 radical (unpaired) electrons. The van der Waals surface area contributed by atoms with Crippen molar-refractivity contribution in [3.05, 3.63) is 88.2 Å². The highest BCUT2D eigenvalue weighted by Gasteiger charge is 2.32. The highest BCUT2D eigenvalue weighted by atomic mass is 19.4. The predicted octanol–water partition coefficient (Wildman–Crippen LogP) is 7.62. The van der Waals surface area contributed by atoms with E-state index >= 15 is 0 Å². The van der Waals surface area contributed by atoms with E-state index in [2.05, 4.69) is 47.8 Å². The van der Waals surface area contributed by atoms with Gasteiger partial charge in [0.25, 0.3) is 0 Å². The van der Waals surface area contributed by atoms with E-state index in [-0.39, 0.29) is 5.56 Å². The average molecular weight is 452 g/mol. The Bertz CT molecular complexity index is 1210. The van der Waals surface area contributed by atoms with Crippen molar-refractivity contribution in [1.29, 1.82) is 0 Å². The van der Waals surface area contributed by atoms with Gasteiger partial charge in [-0.05, 0) is 83.8 Å². The van der Waals surface area contributed by atoms with Crippen LogP contribution in [0.3, 0.4) is 0 Å². The number of aryl methyl sites for hydroxylation is 3. The maximum atomic E-state index is 13.9. The minimum atomic E-state index is -4.94. The molecule has 4 rings (SSSR count). The highest BCUT2D eigenvalue weighted by molar-refractivity contribution is 5.74. The zero-order valence-electron chi connectivity index (χ0n) is 18.4. The topological polar surface area (TPSA) is 9.23 Å². The Morgan fingerprint density at radius 1 is 0.818 bits per heavy atom. The van der Waals surface area contributed by atoms with Crippen LogP contribution in [0.25, 0.3) is 11.1 Å². The molecule has 5 heteroatoms. The zero-order chi connectivity index (χ0) is 23.4. The summed E-state index contributed by atoms with van der Waals surface area (Å²) in [6, 6.07) is 16.0. The zero-order valence-corrected chi connectivity index (χ0v) is 18.4. The second kappa shape index (κ2) is 9.70. The van der Waals surface area contributed by atoms with E-state index in [9.17, 15) is 17.6 Å². The number of halogens is 4. The Kier molecular flexibility index (Phi) is 6.74. The third-order valence-electron chi connectivity index (χ3n) is 5.81. The van der Waals surface area contributed by atoms with Gasteiger partial charge in [-0.2, -0.15) is 0 Å². The second-order valence-corrected chi connectivity index (χ2v) is 8.26. The van der Waals surface area contributed by atoms with Gasteiger partial charge in [0, 0.05) is 11.1 Å². The van der Waals surface area contributed by atoms with Crippen LogP contribution >= 0.6 is 0 Å². The summed E-state index contributed by atoms with van der Waals surface area (Å²) in [6.07, 6.45) is 1.77. The van der Waals surface area contributed by atoms with Crippen LogP contribution in [0, 0.1) is 17.7 Å². The van der Waals surface area contributed by atoms with Crippen molar-refractivity contribution < 1.29 is 22.3 Å². The summed E-state index contributed by atoms with van der Waals surface area (Å²) in [4.78, 5) is 0. The van der Waals surface area contributed by atoms with E-state index in [0.717, 1.165) is 37.0 Å². The third kappa shape index (κ3) is 5.76. The summed E-state index contributed by atoms with van der Waals surface area (Å²) in [5.74, 6) is 3.84.